The van der Waals surface area contributed by atoms with Gasteiger partial charge in [0, 0.05) is 25.7 Å². The lowest BCUT2D eigenvalue weighted by Gasteiger charge is -2.40. The summed E-state index contributed by atoms with van der Waals surface area (Å²) in [5.41, 5.74) is 0. The molecule has 1 N–H and O–H groups in total. The fourth-order valence-electron chi connectivity index (χ4n) is 2.57. The monoisotopic (exact) mass is 182 g/mol. The first kappa shape index (κ1) is 9.47. The van der Waals surface area contributed by atoms with Gasteiger partial charge in [0.15, 0.2) is 0 Å². The average molecular weight is 182 g/mol. The average Bonchev–Trinajstić information content (AvgIpc) is 2.12. The lowest BCUT2D eigenvalue weighted by Crippen LogP contribution is -2.51. The van der Waals surface area contributed by atoms with Gasteiger partial charge in [0.25, 0.3) is 0 Å². The number of piperidine rings is 1. The molecule has 0 saturated carbocycles. The Morgan fingerprint density at radius 2 is 2.15 bits per heavy atom. The van der Waals surface area contributed by atoms with Crippen molar-refractivity contribution in [1.82, 2.24) is 10.2 Å². The molecule has 1 atom stereocenters. The fraction of sp³-hybridized carbons (Fsp3) is 1.00. The third kappa shape index (κ3) is 2.23. The van der Waals surface area contributed by atoms with Crippen LogP contribution < -0.4 is 5.32 Å². The molecular formula is C11H22N2. The molecule has 0 amide bonds. The molecule has 2 heteroatoms. The summed E-state index contributed by atoms with van der Waals surface area (Å²) in [5.74, 6) is 0.951. The summed E-state index contributed by atoms with van der Waals surface area (Å²) in [4.78, 5) is 2.73. The normalized spacial score (nSPS) is 31.6. The second-order valence-electron chi connectivity index (χ2n) is 4.58. The molecule has 13 heavy (non-hydrogen) atoms. The van der Waals surface area contributed by atoms with E-state index < -0.39 is 0 Å². The van der Waals surface area contributed by atoms with Crippen LogP contribution in [0.4, 0.5) is 0 Å². The smallest absolute Gasteiger partial charge is 0.00927 e. The minimum atomic E-state index is 0.898. The molecule has 0 bridgehead atoms. The van der Waals surface area contributed by atoms with Gasteiger partial charge in [-0.2, -0.15) is 0 Å². The summed E-state index contributed by atoms with van der Waals surface area (Å²) in [6.45, 7) is 7.56. The first-order chi connectivity index (χ1) is 6.40. The predicted molar refractivity (Wildman–Crippen MR) is 55.9 cm³/mol. The molecule has 2 heterocycles. The predicted octanol–water partition coefficient (Wildman–Crippen LogP) is 1.47. The Kier molecular flexibility index (Phi) is 3.23. The SMILES string of the molecule is CCC1CCCCN1CC1CNC1. The Balaban J connectivity index is 1.79. The van der Waals surface area contributed by atoms with Crippen molar-refractivity contribution >= 4 is 0 Å². The highest BCUT2D eigenvalue weighted by Crippen LogP contribution is 2.21. The van der Waals surface area contributed by atoms with Gasteiger partial charge >= 0.3 is 0 Å². The third-order valence-corrected chi connectivity index (χ3v) is 3.58. The maximum absolute atomic E-state index is 3.36. The molecule has 2 saturated heterocycles. The lowest BCUT2D eigenvalue weighted by atomic mass is 9.96. The summed E-state index contributed by atoms with van der Waals surface area (Å²) in [6.07, 6.45) is 5.67. The van der Waals surface area contributed by atoms with Crippen LogP contribution in [-0.4, -0.2) is 37.1 Å². The van der Waals surface area contributed by atoms with Crippen molar-refractivity contribution in [2.45, 2.75) is 38.6 Å². The van der Waals surface area contributed by atoms with Gasteiger partial charge in [-0.15, -0.1) is 0 Å². The zero-order valence-corrected chi connectivity index (χ0v) is 8.76. The quantitative estimate of drug-likeness (QED) is 0.711. The second kappa shape index (κ2) is 4.43. The minimum Gasteiger partial charge on any atom is -0.316 e. The van der Waals surface area contributed by atoms with Crippen LogP contribution in [0.25, 0.3) is 0 Å². The van der Waals surface area contributed by atoms with Crippen LogP contribution >= 0.6 is 0 Å². The molecule has 0 aliphatic carbocycles. The molecule has 2 nitrogen and oxygen atoms in total. The number of likely N-dealkylation sites (tertiary alicyclic amines) is 1. The van der Waals surface area contributed by atoms with Crippen molar-refractivity contribution in [2.75, 3.05) is 26.2 Å². The second-order valence-corrected chi connectivity index (χ2v) is 4.58. The molecular weight excluding hydrogens is 160 g/mol. The molecule has 76 valence electrons. The third-order valence-electron chi connectivity index (χ3n) is 3.58. The largest absolute Gasteiger partial charge is 0.316 e. The van der Waals surface area contributed by atoms with E-state index in [0.29, 0.717) is 0 Å². The summed E-state index contributed by atoms with van der Waals surface area (Å²) >= 11 is 0. The first-order valence-electron chi connectivity index (χ1n) is 5.85. The standard InChI is InChI=1S/C11H22N2/c1-2-11-5-3-4-6-13(11)9-10-7-12-8-10/h10-12H,2-9H2,1H3. The van der Waals surface area contributed by atoms with E-state index in [2.05, 4.69) is 17.1 Å². The Morgan fingerprint density at radius 3 is 2.77 bits per heavy atom. The highest BCUT2D eigenvalue weighted by Gasteiger charge is 2.25. The number of nitrogens with one attached hydrogen (secondary N) is 1. The molecule has 2 rings (SSSR count). The van der Waals surface area contributed by atoms with Crippen molar-refractivity contribution in [2.24, 2.45) is 5.92 Å². The Morgan fingerprint density at radius 1 is 1.31 bits per heavy atom. The summed E-state index contributed by atoms with van der Waals surface area (Å²) in [5, 5.41) is 3.36. The van der Waals surface area contributed by atoms with Crippen LogP contribution in [0.2, 0.25) is 0 Å². The Hall–Kier alpha value is -0.0800. The topological polar surface area (TPSA) is 15.3 Å². The van der Waals surface area contributed by atoms with Gasteiger partial charge in [-0.05, 0) is 31.7 Å². The summed E-state index contributed by atoms with van der Waals surface area (Å²) < 4.78 is 0. The van der Waals surface area contributed by atoms with Gasteiger partial charge in [0.2, 0.25) is 0 Å². The molecule has 0 aromatic rings. The van der Waals surface area contributed by atoms with E-state index in [1.807, 2.05) is 0 Å². The number of hydrogen-bond donors (Lipinski definition) is 1. The van der Waals surface area contributed by atoms with Crippen LogP contribution in [0.1, 0.15) is 32.6 Å². The van der Waals surface area contributed by atoms with E-state index >= 15 is 0 Å². The number of nitrogens with zero attached hydrogens (tertiary/aromatic N) is 1. The molecule has 2 fully saturated rings. The van der Waals surface area contributed by atoms with E-state index in [9.17, 15) is 0 Å². The Bertz CT molecular complexity index is 154. The highest BCUT2D eigenvalue weighted by atomic mass is 15.2. The first-order valence-corrected chi connectivity index (χ1v) is 5.85. The van der Waals surface area contributed by atoms with Crippen LogP contribution in [0, 0.1) is 5.92 Å². The van der Waals surface area contributed by atoms with E-state index in [-0.39, 0.29) is 0 Å². The van der Waals surface area contributed by atoms with Gasteiger partial charge in [0.1, 0.15) is 0 Å². The summed E-state index contributed by atoms with van der Waals surface area (Å²) in [7, 11) is 0. The van der Waals surface area contributed by atoms with Crippen molar-refractivity contribution < 1.29 is 0 Å². The molecule has 1 unspecified atom stereocenters. The van der Waals surface area contributed by atoms with Crippen molar-refractivity contribution in [3.8, 4) is 0 Å². The van der Waals surface area contributed by atoms with Gasteiger partial charge in [-0.25, -0.2) is 0 Å². The molecule has 0 radical (unpaired) electrons. The zero-order valence-electron chi connectivity index (χ0n) is 8.76. The fourth-order valence-corrected chi connectivity index (χ4v) is 2.57. The van der Waals surface area contributed by atoms with Crippen LogP contribution in [-0.2, 0) is 0 Å². The van der Waals surface area contributed by atoms with Crippen molar-refractivity contribution in [3.63, 3.8) is 0 Å². The molecule has 0 aromatic carbocycles. The van der Waals surface area contributed by atoms with E-state index in [0.717, 1.165) is 12.0 Å². The molecule has 0 aromatic heterocycles. The van der Waals surface area contributed by atoms with Gasteiger partial charge in [-0.1, -0.05) is 13.3 Å². The van der Waals surface area contributed by atoms with Gasteiger partial charge < -0.3 is 10.2 Å². The van der Waals surface area contributed by atoms with Crippen molar-refractivity contribution in [3.05, 3.63) is 0 Å². The van der Waals surface area contributed by atoms with Crippen LogP contribution in [0.3, 0.4) is 0 Å². The molecule has 0 spiro atoms. The maximum atomic E-state index is 3.36. The highest BCUT2D eigenvalue weighted by molar-refractivity contribution is 4.83. The van der Waals surface area contributed by atoms with Gasteiger partial charge in [0.05, 0.1) is 0 Å². The van der Waals surface area contributed by atoms with Crippen molar-refractivity contribution in [1.29, 1.82) is 0 Å². The van der Waals surface area contributed by atoms with E-state index in [4.69, 9.17) is 0 Å². The zero-order chi connectivity index (χ0) is 9.10. The van der Waals surface area contributed by atoms with Gasteiger partial charge in [-0.3, -0.25) is 0 Å². The van der Waals surface area contributed by atoms with Crippen LogP contribution in [0.5, 0.6) is 0 Å². The maximum Gasteiger partial charge on any atom is 0.00927 e. The van der Waals surface area contributed by atoms with Crippen LogP contribution in [0.15, 0.2) is 0 Å². The molecule has 2 aliphatic rings. The number of rotatable bonds is 3. The van der Waals surface area contributed by atoms with E-state index in [1.54, 1.807) is 0 Å². The lowest BCUT2D eigenvalue weighted by molar-refractivity contribution is 0.106. The number of hydrogen-bond acceptors (Lipinski definition) is 2. The Labute approximate surface area is 81.7 Å². The van der Waals surface area contributed by atoms with E-state index in [1.165, 1.54) is 51.9 Å². The molecule has 2 aliphatic heterocycles. The summed E-state index contributed by atoms with van der Waals surface area (Å²) in [6, 6.07) is 0.898. The minimum absolute atomic E-state index is 0.898.